The third-order valence-corrected chi connectivity index (χ3v) is 6.38. The van der Waals surface area contributed by atoms with Crippen LogP contribution in [-0.2, 0) is 29.0 Å². The number of nitrogens with zero attached hydrogens (tertiary/aromatic N) is 1. The van der Waals surface area contributed by atoms with Crippen molar-refractivity contribution in [3.63, 3.8) is 0 Å². The largest absolute Gasteiger partial charge is 0.497 e. The normalized spacial score (nSPS) is 12.1. The van der Waals surface area contributed by atoms with Crippen LogP contribution in [0.5, 0.6) is 5.75 Å². The first-order valence-corrected chi connectivity index (χ1v) is 12.5. The van der Waals surface area contributed by atoms with Crippen LogP contribution in [0.1, 0.15) is 37.5 Å². The van der Waals surface area contributed by atoms with E-state index in [1.54, 1.807) is 30.2 Å². The number of halogens is 2. The van der Waals surface area contributed by atoms with E-state index in [1.165, 1.54) is 0 Å². The fourth-order valence-corrected chi connectivity index (χ4v) is 4.40. The molecule has 0 aromatic heterocycles. The molecule has 1 N–H and O–H groups in total. The van der Waals surface area contributed by atoms with E-state index in [4.69, 9.17) is 27.9 Å². The molecular weight excluding hydrogens is 495 g/mol. The van der Waals surface area contributed by atoms with Gasteiger partial charge in [0, 0.05) is 34.1 Å². The summed E-state index contributed by atoms with van der Waals surface area (Å²) < 4.78 is 5.23. The van der Waals surface area contributed by atoms with Crippen LogP contribution >= 0.6 is 23.2 Å². The van der Waals surface area contributed by atoms with E-state index in [0.717, 1.165) is 11.1 Å². The maximum absolute atomic E-state index is 13.8. The molecule has 3 rings (SSSR count). The summed E-state index contributed by atoms with van der Waals surface area (Å²) >= 11 is 13.0. The quantitative estimate of drug-likeness (QED) is 0.366. The summed E-state index contributed by atoms with van der Waals surface area (Å²) in [5, 5.41) is 3.94. The van der Waals surface area contributed by atoms with Crippen LogP contribution in [0, 0.1) is 0 Å². The molecule has 1 atom stereocenters. The number of hydrogen-bond donors (Lipinski definition) is 1. The predicted octanol–water partition coefficient (Wildman–Crippen LogP) is 6.10. The van der Waals surface area contributed by atoms with Crippen LogP contribution < -0.4 is 10.1 Å². The van der Waals surface area contributed by atoms with Gasteiger partial charge in [-0.1, -0.05) is 71.7 Å². The average molecular weight is 527 g/mol. The molecular formula is C29H32Cl2N2O3. The molecule has 3 aromatic carbocycles. The van der Waals surface area contributed by atoms with Gasteiger partial charge >= 0.3 is 0 Å². The van der Waals surface area contributed by atoms with Crippen LogP contribution in [0.2, 0.25) is 10.0 Å². The minimum atomic E-state index is -0.773. The number of benzene rings is 3. The van der Waals surface area contributed by atoms with Gasteiger partial charge in [0.15, 0.2) is 0 Å². The van der Waals surface area contributed by atoms with Crippen LogP contribution in [0.25, 0.3) is 0 Å². The van der Waals surface area contributed by atoms with E-state index in [1.807, 2.05) is 75.4 Å². The number of ether oxygens (including phenoxy) is 1. The van der Waals surface area contributed by atoms with Crippen molar-refractivity contribution >= 4 is 35.0 Å². The highest BCUT2D eigenvalue weighted by Gasteiger charge is 2.33. The van der Waals surface area contributed by atoms with Crippen LogP contribution in [0.4, 0.5) is 0 Å². The van der Waals surface area contributed by atoms with Crippen molar-refractivity contribution in [2.75, 3.05) is 7.11 Å². The van der Waals surface area contributed by atoms with Gasteiger partial charge in [-0.2, -0.15) is 0 Å². The smallest absolute Gasteiger partial charge is 0.243 e. The molecule has 3 aromatic rings. The molecule has 190 valence electrons. The van der Waals surface area contributed by atoms with Crippen molar-refractivity contribution in [3.05, 3.63) is 99.5 Å². The lowest BCUT2D eigenvalue weighted by Crippen LogP contribution is -2.54. The first-order chi connectivity index (χ1) is 17.1. The minimum Gasteiger partial charge on any atom is -0.497 e. The van der Waals surface area contributed by atoms with Crippen molar-refractivity contribution in [1.82, 2.24) is 10.2 Å². The Hall–Kier alpha value is -3.02. The van der Waals surface area contributed by atoms with Crippen LogP contribution in [0.15, 0.2) is 72.8 Å². The molecule has 0 heterocycles. The summed E-state index contributed by atoms with van der Waals surface area (Å²) in [7, 11) is 1.59. The van der Waals surface area contributed by atoms with Gasteiger partial charge in [-0.05, 0) is 56.2 Å². The number of carbonyl (C=O) groups excluding carboxylic acids is 2. The van der Waals surface area contributed by atoms with Gasteiger partial charge in [0.1, 0.15) is 11.8 Å². The Kier molecular flexibility index (Phi) is 9.41. The second kappa shape index (κ2) is 12.3. The Bertz CT molecular complexity index is 1160. The van der Waals surface area contributed by atoms with Gasteiger partial charge in [-0.15, -0.1) is 0 Å². The minimum absolute atomic E-state index is 0.0998. The van der Waals surface area contributed by atoms with Gasteiger partial charge in [-0.25, -0.2) is 0 Å². The van der Waals surface area contributed by atoms with E-state index in [-0.39, 0.29) is 24.8 Å². The Morgan fingerprint density at radius 3 is 2.06 bits per heavy atom. The van der Waals surface area contributed by atoms with Crippen LogP contribution in [0.3, 0.4) is 0 Å². The average Bonchev–Trinajstić information content (AvgIpc) is 2.83. The maximum atomic E-state index is 13.8. The molecule has 0 bridgehead atoms. The molecule has 36 heavy (non-hydrogen) atoms. The van der Waals surface area contributed by atoms with Gasteiger partial charge < -0.3 is 15.0 Å². The zero-order chi connectivity index (χ0) is 26.3. The monoisotopic (exact) mass is 526 g/mol. The summed E-state index contributed by atoms with van der Waals surface area (Å²) in [6, 6.07) is 21.4. The van der Waals surface area contributed by atoms with E-state index in [2.05, 4.69) is 5.32 Å². The van der Waals surface area contributed by atoms with Crippen molar-refractivity contribution < 1.29 is 14.3 Å². The lowest BCUT2D eigenvalue weighted by molar-refractivity contribution is -0.141. The number of hydrogen-bond acceptors (Lipinski definition) is 3. The Balaban J connectivity index is 2.02. The summed E-state index contributed by atoms with van der Waals surface area (Å²) in [4.78, 5) is 29.0. The summed E-state index contributed by atoms with van der Waals surface area (Å²) in [5.74, 6) is 0.260. The third kappa shape index (κ3) is 7.74. The van der Waals surface area contributed by atoms with Crippen molar-refractivity contribution in [2.24, 2.45) is 0 Å². The van der Waals surface area contributed by atoms with Gasteiger partial charge in [-0.3, -0.25) is 9.59 Å². The molecule has 1 unspecified atom stereocenters. The van der Waals surface area contributed by atoms with Gasteiger partial charge in [0.25, 0.3) is 0 Å². The van der Waals surface area contributed by atoms with E-state index in [0.29, 0.717) is 27.8 Å². The number of rotatable bonds is 9. The molecule has 0 saturated heterocycles. The Morgan fingerprint density at radius 2 is 1.50 bits per heavy atom. The number of carbonyl (C=O) groups is 2. The highest BCUT2D eigenvalue weighted by molar-refractivity contribution is 6.36. The molecule has 0 aliphatic rings. The highest BCUT2D eigenvalue weighted by Crippen LogP contribution is 2.28. The molecule has 0 saturated carbocycles. The molecule has 7 heteroatoms. The maximum Gasteiger partial charge on any atom is 0.243 e. The summed E-state index contributed by atoms with van der Waals surface area (Å²) in [6.45, 7) is 5.85. The molecule has 2 amide bonds. The number of amides is 2. The second-order valence-corrected chi connectivity index (χ2v) is 10.5. The van der Waals surface area contributed by atoms with E-state index < -0.39 is 11.6 Å². The van der Waals surface area contributed by atoms with Crippen molar-refractivity contribution in [1.29, 1.82) is 0 Å². The van der Waals surface area contributed by atoms with Crippen molar-refractivity contribution in [3.8, 4) is 5.75 Å². The number of nitrogens with one attached hydrogen (secondary N) is 1. The second-order valence-electron chi connectivity index (χ2n) is 9.69. The fraction of sp³-hybridized carbons (Fsp3) is 0.310. The van der Waals surface area contributed by atoms with Gasteiger partial charge in [0.2, 0.25) is 11.8 Å². The van der Waals surface area contributed by atoms with E-state index >= 15 is 0 Å². The molecule has 0 fully saturated rings. The Labute approximate surface area is 223 Å². The summed E-state index contributed by atoms with van der Waals surface area (Å²) in [5.41, 5.74) is 1.88. The standard InChI is InChI=1S/C29H32Cl2N2O3/c1-29(2,3)32-28(35)26(17-20-9-6-5-7-10-20)33(19-23-24(30)11-8-12-25(23)31)27(34)18-21-13-15-22(36-4)16-14-21/h5-16,26H,17-19H2,1-4H3,(H,32,35). The highest BCUT2D eigenvalue weighted by atomic mass is 35.5. The first kappa shape index (κ1) is 27.6. The summed E-state index contributed by atoms with van der Waals surface area (Å²) in [6.07, 6.45) is 0.458. The molecule has 0 spiro atoms. The molecule has 0 radical (unpaired) electrons. The Morgan fingerprint density at radius 1 is 0.889 bits per heavy atom. The van der Waals surface area contributed by atoms with E-state index in [9.17, 15) is 9.59 Å². The van der Waals surface area contributed by atoms with Gasteiger partial charge in [0.05, 0.1) is 13.5 Å². The molecule has 0 aliphatic carbocycles. The molecule has 5 nitrogen and oxygen atoms in total. The topological polar surface area (TPSA) is 58.6 Å². The lowest BCUT2D eigenvalue weighted by atomic mass is 9.99. The third-order valence-electron chi connectivity index (χ3n) is 5.67. The lowest BCUT2D eigenvalue weighted by Gasteiger charge is -2.34. The molecule has 0 aliphatic heterocycles. The SMILES string of the molecule is COc1ccc(CC(=O)N(Cc2c(Cl)cccc2Cl)C(Cc2ccccc2)C(=O)NC(C)(C)C)cc1. The predicted molar refractivity (Wildman–Crippen MR) is 146 cm³/mol. The number of methoxy groups -OCH3 is 1. The fourth-order valence-electron chi connectivity index (χ4n) is 3.88. The zero-order valence-electron chi connectivity index (χ0n) is 21.1. The first-order valence-electron chi connectivity index (χ1n) is 11.8. The van der Waals surface area contributed by atoms with Crippen LogP contribution in [-0.4, -0.2) is 35.4 Å². The van der Waals surface area contributed by atoms with Crippen molar-refractivity contribution in [2.45, 2.75) is 51.7 Å². The zero-order valence-corrected chi connectivity index (χ0v) is 22.6.